The number of hydrogen-bond donors (Lipinski definition) is 1. The molecule has 0 bridgehead atoms. The van der Waals surface area contributed by atoms with Gasteiger partial charge in [-0.1, -0.05) is 18.2 Å². The van der Waals surface area contributed by atoms with Crippen molar-refractivity contribution in [1.82, 2.24) is 9.55 Å². The van der Waals surface area contributed by atoms with E-state index in [2.05, 4.69) is 4.98 Å². The van der Waals surface area contributed by atoms with Crippen molar-refractivity contribution in [3.05, 3.63) is 69.2 Å². The van der Waals surface area contributed by atoms with Crippen LogP contribution in [0.15, 0.2) is 53.3 Å². The Kier molecular flexibility index (Phi) is 4.31. The average Bonchev–Trinajstić information content (AvgIpc) is 2.54. The monoisotopic (exact) mass is 340 g/mol. The molecule has 0 radical (unpaired) electrons. The van der Waals surface area contributed by atoms with Crippen molar-refractivity contribution in [2.24, 2.45) is 0 Å². The predicted octanol–water partition coefficient (Wildman–Crippen LogP) is 3.53. The van der Waals surface area contributed by atoms with Gasteiger partial charge in [-0.15, -0.1) is 0 Å². The van der Waals surface area contributed by atoms with Crippen molar-refractivity contribution in [2.75, 3.05) is 0 Å². The molecule has 24 heavy (non-hydrogen) atoms. The molecule has 5 nitrogen and oxygen atoms in total. The van der Waals surface area contributed by atoms with Crippen LogP contribution in [0.25, 0.3) is 10.9 Å². The summed E-state index contributed by atoms with van der Waals surface area (Å²) >= 11 is 5.20. The zero-order valence-corrected chi connectivity index (χ0v) is 14.1. The number of fused-ring (bicyclic) bond motifs is 1. The maximum absolute atomic E-state index is 12.8. The van der Waals surface area contributed by atoms with Gasteiger partial charge < -0.3 is 9.72 Å². The number of aromatic amines is 1. The molecule has 0 atom stereocenters. The summed E-state index contributed by atoms with van der Waals surface area (Å²) in [6.07, 6.45) is -0.0124. The van der Waals surface area contributed by atoms with Crippen LogP contribution in [-0.4, -0.2) is 21.6 Å². The van der Waals surface area contributed by atoms with Gasteiger partial charge in [-0.2, -0.15) is 0 Å². The second-order valence-electron chi connectivity index (χ2n) is 5.62. The molecule has 122 valence electrons. The Morgan fingerprint density at radius 1 is 1.17 bits per heavy atom. The van der Waals surface area contributed by atoms with E-state index in [9.17, 15) is 9.59 Å². The lowest BCUT2D eigenvalue weighted by molar-refractivity contribution is 0.0953. The van der Waals surface area contributed by atoms with Crippen molar-refractivity contribution in [2.45, 2.75) is 20.0 Å². The average molecular weight is 340 g/mol. The van der Waals surface area contributed by atoms with Crippen molar-refractivity contribution in [3.8, 4) is 5.75 Å². The summed E-state index contributed by atoms with van der Waals surface area (Å²) < 4.78 is 6.64. The molecule has 0 saturated heterocycles. The summed E-state index contributed by atoms with van der Waals surface area (Å²) in [6.45, 7) is 3.80. The number of nitrogens with one attached hydrogen (secondary N) is 1. The lowest BCUT2D eigenvalue weighted by Gasteiger charge is -2.11. The van der Waals surface area contributed by atoms with E-state index in [0.29, 0.717) is 22.2 Å². The number of benzene rings is 2. The molecule has 0 aliphatic rings. The Bertz CT molecular complexity index is 1030. The van der Waals surface area contributed by atoms with Crippen LogP contribution in [0.1, 0.15) is 24.2 Å². The van der Waals surface area contributed by atoms with Crippen LogP contribution < -0.4 is 10.3 Å². The first-order valence-corrected chi connectivity index (χ1v) is 7.93. The minimum atomic E-state index is -0.485. The van der Waals surface area contributed by atoms with Gasteiger partial charge in [0, 0.05) is 5.56 Å². The third-order valence-corrected chi connectivity index (χ3v) is 3.75. The fourth-order valence-corrected chi connectivity index (χ4v) is 2.73. The van der Waals surface area contributed by atoms with Gasteiger partial charge in [-0.05, 0) is 56.4 Å². The highest BCUT2D eigenvalue weighted by atomic mass is 32.1. The molecule has 0 aliphatic carbocycles. The van der Waals surface area contributed by atoms with Crippen molar-refractivity contribution in [1.29, 1.82) is 0 Å². The molecule has 0 aliphatic heterocycles. The van der Waals surface area contributed by atoms with E-state index < -0.39 is 11.5 Å². The molecule has 6 heteroatoms. The molecular weight excluding hydrogens is 324 g/mol. The van der Waals surface area contributed by atoms with E-state index in [1.807, 2.05) is 13.8 Å². The zero-order chi connectivity index (χ0) is 17.3. The second-order valence-corrected chi connectivity index (χ2v) is 6.00. The van der Waals surface area contributed by atoms with Gasteiger partial charge in [0.2, 0.25) is 0 Å². The lowest BCUT2D eigenvalue weighted by Crippen LogP contribution is -2.29. The number of carbonyl (C=O) groups excluding carboxylic acids is 1. The maximum Gasteiger partial charge on any atom is 0.269 e. The maximum atomic E-state index is 12.8. The summed E-state index contributed by atoms with van der Waals surface area (Å²) in [5.41, 5.74) is 0.507. The first kappa shape index (κ1) is 16.1. The first-order valence-electron chi connectivity index (χ1n) is 7.53. The van der Waals surface area contributed by atoms with Crippen LogP contribution in [0, 0.1) is 4.77 Å². The summed E-state index contributed by atoms with van der Waals surface area (Å²) in [5.74, 6) is 0.0841. The Balaban J connectivity index is 2.13. The Labute approximate surface area is 143 Å². The predicted molar refractivity (Wildman–Crippen MR) is 95.3 cm³/mol. The van der Waals surface area contributed by atoms with Gasteiger partial charge in [-0.25, -0.2) is 4.57 Å². The number of carbonyl (C=O) groups is 1. The molecule has 3 rings (SSSR count). The molecule has 0 amide bonds. The number of aromatic nitrogens is 2. The Morgan fingerprint density at radius 2 is 1.92 bits per heavy atom. The van der Waals surface area contributed by atoms with Crippen LogP contribution in [0.3, 0.4) is 0 Å². The van der Waals surface area contributed by atoms with Crippen LogP contribution in [0.5, 0.6) is 5.75 Å². The third-order valence-electron chi connectivity index (χ3n) is 3.46. The number of hydrogen-bond acceptors (Lipinski definition) is 4. The zero-order valence-electron chi connectivity index (χ0n) is 13.3. The molecule has 3 aromatic rings. The van der Waals surface area contributed by atoms with Gasteiger partial charge in [0.1, 0.15) is 5.75 Å². The standard InChI is InChI=1S/C18H16N2O3S/c1-11(2)23-13-7-5-6-12(10-13)16(21)20-17(22)14-8-3-4-9-15(14)19-18(20)24/h3-11H,1-2H3,(H,19,24). The van der Waals surface area contributed by atoms with E-state index in [-0.39, 0.29) is 10.9 Å². The van der Waals surface area contributed by atoms with Crippen LogP contribution in [-0.2, 0) is 0 Å². The fraction of sp³-hybridized carbons (Fsp3) is 0.167. The van der Waals surface area contributed by atoms with Crippen LogP contribution in [0.2, 0.25) is 0 Å². The largest absolute Gasteiger partial charge is 0.491 e. The van der Waals surface area contributed by atoms with Gasteiger partial charge in [0.05, 0.1) is 17.0 Å². The van der Waals surface area contributed by atoms with E-state index in [1.165, 1.54) is 0 Å². The molecule has 0 saturated carbocycles. The smallest absolute Gasteiger partial charge is 0.269 e. The van der Waals surface area contributed by atoms with Crippen molar-refractivity contribution in [3.63, 3.8) is 0 Å². The van der Waals surface area contributed by atoms with Crippen LogP contribution >= 0.6 is 12.2 Å². The SMILES string of the molecule is CC(C)Oc1cccc(C(=O)n2c(=S)[nH]c3ccccc3c2=O)c1. The summed E-state index contributed by atoms with van der Waals surface area (Å²) in [7, 11) is 0. The number of para-hydroxylation sites is 1. The highest BCUT2D eigenvalue weighted by molar-refractivity contribution is 7.71. The second kappa shape index (κ2) is 6.41. The number of H-pyrrole nitrogens is 1. The third kappa shape index (κ3) is 3.00. The topological polar surface area (TPSA) is 64.1 Å². The van der Waals surface area contributed by atoms with Gasteiger partial charge in [0.25, 0.3) is 11.5 Å². The normalized spacial score (nSPS) is 11.0. The van der Waals surface area contributed by atoms with E-state index in [0.717, 1.165) is 4.57 Å². The Hall–Kier alpha value is -2.73. The molecule has 0 fully saturated rings. The highest BCUT2D eigenvalue weighted by Crippen LogP contribution is 2.16. The molecule has 0 spiro atoms. The minimum absolute atomic E-state index is 0.0124. The molecule has 1 aromatic heterocycles. The Morgan fingerprint density at radius 3 is 2.67 bits per heavy atom. The van der Waals surface area contributed by atoms with E-state index in [1.54, 1.807) is 48.5 Å². The number of ether oxygens (including phenoxy) is 1. The first-order chi connectivity index (χ1) is 11.5. The molecule has 2 aromatic carbocycles. The number of rotatable bonds is 3. The van der Waals surface area contributed by atoms with Gasteiger partial charge >= 0.3 is 0 Å². The fourth-order valence-electron chi connectivity index (χ4n) is 2.45. The number of nitrogens with zero attached hydrogens (tertiary/aromatic N) is 1. The van der Waals surface area contributed by atoms with E-state index >= 15 is 0 Å². The van der Waals surface area contributed by atoms with Crippen molar-refractivity contribution >= 4 is 29.0 Å². The molecule has 1 N–H and O–H groups in total. The molecule has 1 heterocycles. The summed E-state index contributed by atoms with van der Waals surface area (Å²) in [4.78, 5) is 28.4. The lowest BCUT2D eigenvalue weighted by atomic mass is 10.2. The summed E-state index contributed by atoms with van der Waals surface area (Å²) in [6, 6.07) is 13.7. The molecule has 0 unspecified atom stereocenters. The minimum Gasteiger partial charge on any atom is -0.491 e. The van der Waals surface area contributed by atoms with Gasteiger partial charge in [0.15, 0.2) is 4.77 Å². The van der Waals surface area contributed by atoms with Crippen molar-refractivity contribution < 1.29 is 9.53 Å². The quantitative estimate of drug-likeness (QED) is 0.741. The van der Waals surface area contributed by atoms with E-state index in [4.69, 9.17) is 17.0 Å². The van der Waals surface area contributed by atoms with Gasteiger partial charge in [-0.3, -0.25) is 9.59 Å². The highest BCUT2D eigenvalue weighted by Gasteiger charge is 2.15. The summed E-state index contributed by atoms with van der Waals surface area (Å²) in [5, 5.41) is 0.411. The molecular formula is C18H16N2O3S. The van der Waals surface area contributed by atoms with Crippen LogP contribution in [0.4, 0.5) is 0 Å².